The molecule has 9 heteroatoms. The summed E-state index contributed by atoms with van der Waals surface area (Å²) in [6.07, 6.45) is 0. The van der Waals surface area contributed by atoms with Crippen LogP contribution >= 0.6 is 0 Å². The third-order valence-corrected chi connectivity index (χ3v) is 5.66. The van der Waals surface area contributed by atoms with Gasteiger partial charge in [0.2, 0.25) is 10.0 Å². The number of carbonyl (C=O) groups is 1. The standard InChI is InChI=1S/C21H17F3N2O3S/c1-13-2-4-14(5-3-13)12-25-30(28,29)20-10-15(6-8-18(20)23)21(27)26-16-7-9-17(22)19(24)11-16/h2-11,25H,12H2,1H3,(H,26,27). The summed E-state index contributed by atoms with van der Waals surface area (Å²) in [7, 11) is -4.26. The zero-order chi connectivity index (χ0) is 21.9. The Labute approximate surface area is 171 Å². The van der Waals surface area contributed by atoms with Crippen LogP contribution in [0.25, 0.3) is 0 Å². The van der Waals surface area contributed by atoms with Crippen LogP contribution in [0.15, 0.2) is 65.6 Å². The minimum absolute atomic E-state index is 0.0369. The molecule has 0 aromatic heterocycles. The van der Waals surface area contributed by atoms with E-state index >= 15 is 0 Å². The fraction of sp³-hybridized carbons (Fsp3) is 0.0952. The molecule has 3 aromatic rings. The lowest BCUT2D eigenvalue weighted by molar-refractivity contribution is 0.102. The van der Waals surface area contributed by atoms with Gasteiger partial charge in [0.25, 0.3) is 5.91 Å². The van der Waals surface area contributed by atoms with E-state index < -0.39 is 38.3 Å². The summed E-state index contributed by atoms with van der Waals surface area (Å²) in [5, 5.41) is 2.30. The van der Waals surface area contributed by atoms with E-state index in [-0.39, 0.29) is 17.8 Å². The van der Waals surface area contributed by atoms with Gasteiger partial charge in [-0.15, -0.1) is 0 Å². The monoisotopic (exact) mass is 434 g/mol. The predicted octanol–water partition coefficient (Wildman–Crippen LogP) is 4.14. The Kier molecular flexibility index (Phi) is 6.23. The van der Waals surface area contributed by atoms with E-state index in [1.807, 2.05) is 19.1 Å². The van der Waals surface area contributed by atoms with Gasteiger partial charge in [-0.3, -0.25) is 4.79 Å². The van der Waals surface area contributed by atoms with Gasteiger partial charge >= 0.3 is 0 Å². The number of anilines is 1. The quantitative estimate of drug-likeness (QED) is 0.612. The average Bonchev–Trinajstić information content (AvgIpc) is 2.70. The van der Waals surface area contributed by atoms with Gasteiger partial charge in [-0.25, -0.2) is 26.3 Å². The third kappa shape index (κ3) is 5.05. The van der Waals surface area contributed by atoms with Crippen LogP contribution in [0.5, 0.6) is 0 Å². The lowest BCUT2D eigenvalue weighted by atomic mass is 10.2. The fourth-order valence-corrected chi connectivity index (χ4v) is 3.71. The number of nitrogens with one attached hydrogen (secondary N) is 2. The molecule has 5 nitrogen and oxygen atoms in total. The molecule has 0 bridgehead atoms. The Bertz CT molecular complexity index is 1200. The maximum Gasteiger partial charge on any atom is 0.255 e. The highest BCUT2D eigenvalue weighted by Gasteiger charge is 2.21. The van der Waals surface area contributed by atoms with Crippen molar-refractivity contribution in [1.82, 2.24) is 4.72 Å². The highest BCUT2D eigenvalue weighted by Crippen LogP contribution is 2.19. The molecule has 0 spiro atoms. The Morgan fingerprint density at radius 3 is 2.20 bits per heavy atom. The molecule has 0 radical (unpaired) electrons. The third-order valence-electron chi connectivity index (χ3n) is 4.25. The zero-order valence-electron chi connectivity index (χ0n) is 15.7. The van der Waals surface area contributed by atoms with Gasteiger partial charge in [0.1, 0.15) is 10.7 Å². The van der Waals surface area contributed by atoms with E-state index in [0.717, 1.165) is 42.0 Å². The van der Waals surface area contributed by atoms with E-state index in [2.05, 4.69) is 10.0 Å². The molecule has 0 aliphatic rings. The second kappa shape index (κ2) is 8.68. The van der Waals surface area contributed by atoms with Gasteiger partial charge < -0.3 is 5.32 Å². The van der Waals surface area contributed by atoms with E-state index in [9.17, 15) is 26.4 Å². The van der Waals surface area contributed by atoms with Gasteiger partial charge in [0, 0.05) is 23.9 Å². The van der Waals surface area contributed by atoms with Crippen molar-refractivity contribution in [3.05, 3.63) is 94.8 Å². The summed E-state index contributed by atoms with van der Waals surface area (Å²) in [5.74, 6) is -4.08. The van der Waals surface area contributed by atoms with E-state index in [4.69, 9.17) is 0 Å². The molecule has 3 aromatic carbocycles. The molecular formula is C21H17F3N2O3S. The molecular weight excluding hydrogens is 417 g/mol. The first-order valence-corrected chi connectivity index (χ1v) is 10.3. The molecule has 2 N–H and O–H groups in total. The number of benzene rings is 3. The number of amides is 1. The highest BCUT2D eigenvalue weighted by molar-refractivity contribution is 7.89. The number of rotatable bonds is 6. The summed E-state index contributed by atoms with van der Waals surface area (Å²) in [4.78, 5) is 11.6. The first kappa shape index (κ1) is 21.5. The molecule has 0 aliphatic carbocycles. The number of hydrogen-bond donors (Lipinski definition) is 2. The van der Waals surface area contributed by atoms with Crippen molar-refractivity contribution < 1.29 is 26.4 Å². The first-order chi connectivity index (χ1) is 14.2. The van der Waals surface area contributed by atoms with Crippen LogP contribution in [0.1, 0.15) is 21.5 Å². The number of sulfonamides is 1. The van der Waals surface area contributed by atoms with Gasteiger partial charge in [-0.1, -0.05) is 29.8 Å². The van der Waals surface area contributed by atoms with Crippen molar-refractivity contribution in [1.29, 1.82) is 0 Å². The molecule has 0 unspecified atom stereocenters. The van der Waals surface area contributed by atoms with Crippen LogP contribution in [0, 0.1) is 24.4 Å². The van der Waals surface area contributed by atoms with E-state index in [0.29, 0.717) is 5.56 Å². The Hall–Kier alpha value is -3.17. The first-order valence-electron chi connectivity index (χ1n) is 8.77. The van der Waals surface area contributed by atoms with Crippen LogP contribution in [0.3, 0.4) is 0 Å². The molecule has 30 heavy (non-hydrogen) atoms. The van der Waals surface area contributed by atoms with Crippen LogP contribution in [-0.4, -0.2) is 14.3 Å². The number of aryl methyl sites for hydroxylation is 1. The van der Waals surface area contributed by atoms with Crippen LogP contribution in [0.4, 0.5) is 18.9 Å². The summed E-state index contributed by atoms with van der Waals surface area (Å²) in [6, 6.07) is 12.7. The van der Waals surface area contributed by atoms with Crippen molar-refractivity contribution in [3.8, 4) is 0 Å². The SMILES string of the molecule is Cc1ccc(CNS(=O)(=O)c2cc(C(=O)Nc3ccc(F)c(F)c3)ccc2F)cc1. The molecule has 0 saturated carbocycles. The van der Waals surface area contributed by atoms with Crippen molar-refractivity contribution in [3.63, 3.8) is 0 Å². The lowest BCUT2D eigenvalue weighted by Gasteiger charge is -2.10. The molecule has 0 heterocycles. The second-order valence-electron chi connectivity index (χ2n) is 6.54. The zero-order valence-corrected chi connectivity index (χ0v) is 16.6. The maximum absolute atomic E-state index is 14.2. The topological polar surface area (TPSA) is 75.3 Å². The number of carbonyl (C=O) groups excluding carboxylic acids is 1. The molecule has 0 fully saturated rings. The molecule has 1 amide bonds. The fourth-order valence-electron chi connectivity index (χ4n) is 2.59. The van der Waals surface area contributed by atoms with Crippen molar-refractivity contribution in [2.24, 2.45) is 0 Å². The predicted molar refractivity (Wildman–Crippen MR) is 106 cm³/mol. The van der Waals surface area contributed by atoms with Gasteiger partial charge in [-0.2, -0.15) is 0 Å². The average molecular weight is 434 g/mol. The maximum atomic E-state index is 14.2. The minimum Gasteiger partial charge on any atom is -0.322 e. The second-order valence-corrected chi connectivity index (χ2v) is 8.27. The lowest BCUT2D eigenvalue weighted by Crippen LogP contribution is -2.25. The molecule has 156 valence electrons. The van der Waals surface area contributed by atoms with Crippen molar-refractivity contribution in [2.75, 3.05) is 5.32 Å². The van der Waals surface area contributed by atoms with Gasteiger partial charge in [0.15, 0.2) is 11.6 Å². The molecule has 3 rings (SSSR count). The summed E-state index contributed by atoms with van der Waals surface area (Å²) in [5.41, 5.74) is 1.48. The summed E-state index contributed by atoms with van der Waals surface area (Å²) >= 11 is 0. The smallest absolute Gasteiger partial charge is 0.255 e. The van der Waals surface area contributed by atoms with Crippen molar-refractivity contribution >= 4 is 21.6 Å². The minimum atomic E-state index is -4.26. The van der Waals surface area contributed by atoms with Crippen LogP contribution < -0.4 is 10.0 Å². The van der Waals surface area contributed by atoms with E-state index in [1.165, 1.54) is 0 Å². The number of hydrogen-bond acceptors (Lipinski definition) is 3. The molecule has 0 saturated heterocycles. The van der Waals surface area contributed by atoms with E-state index in [1.54, 1.807) is 12.1 Å². The highest BCUT2D eigenvalue weighted by atomic mass is 32.2. The van der Waals surface area contributed by atoms with Crippen LogP contribution in [0.2, 0.25) is 0 Å². The summed E-state index contributed by atoms with van der Waals surface area (Å²) in [6.45, 7) is 1.83. The normalized spacial score (nSPS) is 11.3. The van der Waals surface area contributed by atoms with Crippen molar-refractivity contribution in [2.45, 2.75) is 18.4 Å². The van der Waals surface area contributed by atoms with Gasteiger partial charge in [0.05, 0.1) is 0 Å². The molecule has 0 aliphatic heterocycles. The molecule has 0 atom stereocenters. The largest absolute Gasteiger partial charge is 0.322 e. The Balaban J connectivity index is 1.80. The Morgan fingerprint density at radius 1 is 0.867 bits per heavy atom. The van der Waals surface area contributed by atoms with Gasteiger partial charge in [-0.05, 0) is 42.8 Å². The van der Waals surface area contributed by atoms with Crippen LogP contribution in [-0.2, 0) is 16.6 Å². The summed E-state index contributed by atoms with van der Waals surface area (Å²) < 4.78 is 67.8. The Morgan fingerprint density at radius 2 is 1.53 bits per heavy atom. The number of halogens is 3.